The van der Waals surface area contributed by atoms with Crippen molar-refractivity contribution in [3.63, 3.8) is 0 Å². The number of nitrogens with zero attached hydrogens (tertiary/aromatic N) is 3. The van der Waals surface area contributed by atoms with E-state index < -0.39 is 6.10 Å². The number of nitrogens with one attached hydrogen (secondary N) is 1. The van der Waals surface area contributed by atoms with E-state index in [4.69, 9.17) is 11.6 Å². The van der Waals surface area contributed by atoms with E-state index >= 15 is 0 Å². The molecule has 2 atom stereocenters. The van der Waals surface area contributed by atoms with Crippen molar-refractivity contribution in [1.29, 1.82) is 0 Å². The van der Waals surface area contributed by atoms with Gasteiger partial charge >= 0.3 is 0 Å². The van der Waals surface area contributed by atoms with E-state index in [0.29, 0.717) is 17.1 Å². The number of aliphatic hydroxyl groups is 1. The van der Waals surface area contributed by atoms with Gasteiger partial charge in [-0.2, -0.15) is 0 Å². The summed E-state index contributed by atoms with van der Waals surface area (Å²) in [5, 5.41) is 13.6. The number of aromatic nitrogens is 2. The summed E-state index contributed by atoms with van der Waals surface area (Å²) < 4.78 is 0. The fraction of sp³-hybridized carbons (Fsp3) is 0.389. The van der Waals surface area contributed by atoms with Gasteiger partial charge < -0.3 is 15.3 Å². The highest BCUT2D eigenvalue weighted by Gasteiger charge is 2.26. The summed E-state index contributed by atoms with van der Waals surface area (Å²) in [6.45, 7) is 1.65. The number of hydrogen-bond donors (Lipinski definition) is 2. The first-order valence-corrected chi connectivity index (χ1v) is 8.73. The molecule has 3 rings (SSSR count). The summed E-state index contributed by atoms with van der Waals surface area (Å²) in [6.07, 6.45) is 5.97. The van der Waals surface area contributed by atoms with E-state index in [1.165, 1.54) is 0 Å². The second kappa shape index (κ2) is 8.27. The number of anilines is 1. The number of piperidine rings is 1. The summed E-state index contributed by atoms with van der Waals surface area (Å²) in [7, 11) is 0. The van der Waals surface area contributed by atoms with Gasteiger partial charge in [0.1, 0.15) is 5.82 Å². The van der Waals surface area contributed by atoms with Crippen LogP contribution in [0.3, 0.4) is 0 Å². The van der Waals surface area contributed by atoms with Gasteiger partial charge in [0.2, 0.25) is 5.91 Å². The van der Waals surface area contributed by atoms with Crippen LogP contribution in [0.4, 0.5) is 5.82 Å². The van der Waals surface area contributed by atoms with Crippen molar-refractivity contribution in [3.05, 3.63) is 53.4 Å². The van der Waals surface area contributed by atoms with Crippen LogP contribution in [-0.2, 0) is 4.79 Å². The second-order valence-electron chi connectivity index (χ2n) is 6.16. The van der Waals surface area contributed by atoms with Gasteiger partial charge in [0.15, 0.2) is 0 Å². The molecular weight excluding hydrogens is 340 g/mol. The highest BCUT2D eigenvalue weighted by Crippen LogP contribution is 2.21. The molecule has 132 valence electrons. The minimum absolute atomic E-state index is 0.0466. The molecule has 0 aliphatic carbocycles. The van der Waals surface area contributed by atoms with Gasteiger partial charge in [-0.25, -0.2) is 4.98 Å². The molecule has 7 heteroatoms. The first-order valence-electron chi connectivity index (χ1n) is 8.35. The molecule has 1 aliphatic rings. The molecule has 2 heterocycles. The first kappa shape index (κ1) is 17.6. The van der Waals surface area contributed by atoms with Gasteiger partial charge in [-0.05, 0) is 30.5 Å². The number of amides is 1. The van der Waals surface area contributed by atoms with Crippen molar-refractivity contribution in [2.45, 2.75) is 18.9 Å². The van der Waals surface area contributed by atoms with Gasteiger partial charge in [-0.15, -0.1) is 0 Å². The lowest BCUT2D eigenvalue weighted by atomic mass is 9.97. The topological polar surface area (TPSA) is 78.4 Å². The monoisotopic (exact) mass is 360 g/mol. The van der Waals surface area contributed by atoms with Crippen LogP contribution in [0.15, 0.2) is 42.9 Å². The molecular formula is C18H21ClN4O2. The van der Waals surface area contributed by atoms with Crippen LogP contribution < -0.4 is 10.2 Å². The summed E-state index contributed by atoms with van der Waals surface area (Å²) in [5.74, 6) is 0.621. The van der Waals surface area contributed by atoms with Crippen molar-refractivity contribution < 1.29 is 9.90 Å². The van der Waals surface area contributed by atoms with Crippen LogP contribution in [0, 0.1) is 5.92 Å². The van der Waals surface area contributed by atoms with Gasteiger partial charge in [-0.1, -0.05) is 23.7 Å². The molecule has 1 aromatic heterocycles. The van der Waals surface area contributed by atoms with Gasteiger partial charge in [0, 0.05) is 37.1 Å². The Labute approximate surface area is 151 Å². The highest BCUT2D eigenvalue weighted by molar-refractivity contribution is 6.30. The molecule has 1 aliphatic heterocycles. The molecule has 0 radical (unpaired) electrons. The Hall–Kier alpha value is -2.18. The van der Waals surface area contributed by atoms with Gasteiger partial charge in [0.05, 0.1) is 18.2 Å². The number of benzene rings is 1. The zero-order valence-corrected chi connectivity index (χ0v) is 14.6. The fourth-order valence-electron chi connectivity index (χ4n) is 3.03. The van der Waals surface area contributed by atoms with Crippen LogP contribution in [-0.4, -0.2) is 40.6 Å². The largest absolute Gasteiger partial charge is 0.387 e. The van der Waals surface area contributed by atoms with Crippen molar-refractivity contribution >= 4 is 23.3 Å². The summed E-state index contributed by atoms with van der Waals surface area (Å²) in [4.78, 5) is 22.9. The molecule has 0 bridgehead atoms. The standard InChI is InChI=1S/C18H21ClN4O2/c19-15-5-1-3-13(9-15)16(24)10-22-18(25)14-4-2-8-23(12-14)17-11-20-6-7-21-17/h1,3,5-7,9,11,14,16,24H,2,4,8,10,12H2,(H,22,25)/t14-,16-/m0/s1. The number of carbonyl (C=O) groups is 1. The Morgan fingerprint density at radius 2 is 2.32 bits per heavy atom. The summed E-state index contributed by atoms with van der Waals surface area (Å²) in [6, 6.07) is 7.02. The average Bonchev–Trinajstić information content (AvgIpc) is 2.66. The maximum atomic E-state index is 12.5. The van der Waals surface area contributed by atoms with Crippen molar-refractivity contribution in [2.24, 2.45) is 5.92 Å². The maximum Gasteiger partial charge on any atom is 0.225 e. The van der Waals surface area contributed by atoms with Crippen molar-refractivity contribution in [3.8, 4) is 0 Å². The molecule has 0 unspecified atom stereocenters. The van der Waals surface area contributed by atoms with E-state index in [2.05, 4.69) is 20.2 Å². The minimum atomic E-state index is -0.776. The molecule has 1 fully saturated rings. The summed E-state index contributed by atoms with van der Waals surface area (Å²) in [5.41, 5.74) is 0.692. The second-order valence-corrected chi connectivity index (χ2v) is 6.60. The molecule has 6 nitrogen and oxygen atoms in total. The van der Waals surface area contributed by atoms with E-state index in [1.54, 1.807) is 42.9 Å². The Morgan fingerprint density at radius 1 is 1.44 bits per heavy atom. The Balaban J connectivity index is 1.54. The Bertz CT molecular complexity index is 713. The van der Waals surface area contributed by atoms with Crippen LogP contribution >= 0.6 is 11.6 Å². The summed E-state index contributed by atoms with van der Waals surface area (Å²) >= 11 is 5.93. The first-order chi connectivity index (χ1) is 12.1. The van der Waals surface area contributed by atoms with Crippen molar-refractivity contribution in [1.82, 2.24) is 15.3 Å². The minimum Gasteiger partial charge on any atom is -0.387 e. The third-order valence-corrected chi connectivity index (χ3v) is 4.60. The lowest BCUT2D eigenvalue weighted by molar-refractivity contribution is -0.125. The molecule has 25 heavy (non-hydrogen) atoms. The Kier molecular flexibility index (Phi) is 5.83. The lowest BCUT2D eigenvalue weighted by Crippen LogP contribution is -2.44. The number of halogens is 1. The molecule has 1 saturated heterocycles. The predicted octanol–water partition coefficient (Wildman–Crippen LogP) is 2.20. The molecule has 2 aromatic rings. The Morgan fingerprint density at radius 3 is 3.08 bits per heavy atom. The lowest BCUT2D eigenvalue weighted by Gasteiger charge is -2.32. The third-order valence-electron chi connectivity index (χ3n) is 4.37. The van der Waals surface area contributed by atoms with Crippen LogP contribution in [0.1, 0.15) is 24.5 Å². The SMILES string of the molecule is O=C(NC[C@H](O)c1cccc(Cl)c1)[C@H]1CCCN(c2cnccn2)C1. The molecule has 0 spiro atoms. The predicted molar refractivity (Wildman–Crippen MR) is 96.4 cm³/mol. The fourth-order valence-corrected chi connectivity index (χ4v) is 3.23. The number of hydrogen-bond acceptors (Lipinski definition) is 5. The van der Waals surface area contributed by atoms with E-state index in [9.17, 15) is 9.90 Å². The van der Waals surface area contributed by atoms with Crippen LogP contribution in [0.25, 0.3) is 0 Å². The van der Waals surface area contributed by atoms with E-state index in [0.717, 1.165) is 25.2 Å². The normalized spacial score (nSPS) is 18.6. The van der Waals surface area contributed by atoms with Crippen molar-refractivity contribution in [2.75, 3.05) is 24.5 Å². The van der Waals surface area contributed by atoms with Gasteiger partial charge in [0.25, 0.3) is 0 Å². The molecule has 2 N–H and O–H groups in total. The number of aliphatic hydroxyl groups excluding tert-OH is 1. The molecule has 1 aromatic carbocycles. The van der Waals surface area contributed by atoms with Gasteiger partial charge in [-0.3, -0.25) is 9.78 Å². The van der Waals surface area contributed by atoms with E-state index in [-0.39, 0.29) is 18.4 Å². The number of rotatable bonds is 5. The third kappa shape index (κ3) is 4.67. The zero-order chi connectivity index (χ0) is 17.6. The molecule has 0 saturated carbocycles. The average molecular weight is 361 g/mol. The maximum absolute atomic E-state index is 12.5. The number of carbonyl (C=O) groups excluding carboxylic acids is 1. The zero-order valence-electron chi connectivity index (χ0n) is 13.8. The van der Waals surface area contributed by atoms with Crippen LogP contribution in [0.5, 0.6) is 0 Å². The van der Waals surface area contributed by atoms with E-state index in [1.807, 2.05) is 0 Å². The highest BCUT2D eigenvalue weighted by atomic mass is 35.5. The smallest absolute Gasteiger partial charge is 0.225 e. The quantitative estimate of drug-likeness (QED) is 0.854. The van der Waals surface area contributed by atoms with Crippen LogP contribution in [0.2, 0.25) is 5.02 Å². The molecule has 1 amide bonds.